The molecule has 124 valence electrons. The molecular formula is C17H19N5O2. The number of hydrogen-bond acceptors (Lipinski definition) is 5. The van der Waals surface area contributed by atoms with Crippen LogP contribution in [0.3, 0.4) is 0 Å². The molecule has 0 bridgehead atoms. The van der Waals surface area contributed by atoms with E-state index < -0.39 is 0 Å². The third-order valence-electron chi connectivity index (χ3n) is 3.60. The van der Waals surface area contributed by atoms with Gasteiger partial charge in [-0.2, -0.15) is 10.4 Å². The first kappa shape index (κ1) is 17.1. The van der Waals surface area contributed by atoms with E-state index in [2.05, 4.69) is 21.9 Å². The number of rotatable bonds is 6. The highest BCUT2D eigenvalue weighted by atomic mass is 16.5. The summed E-state index contributed by atoms with van der Waals surface area (Å²) < 4.78 is 6.89. The van der Waals surface area contributed by atoms with E-state index in [1.165, 1.54) is 6.21 Å². The summed E-state index contributed by atoms with van der Waals surface area (Å²) in [6.07, 6.45) is 1.53. The minimum absolute atomic E-state index is 0.0850. The molecule has 24 heavy (non-hydrogen) atoms. The zero-order valence-corrected chi connectivity index (χ0v) is 13.8. The number of anilines is 1. The Kier molecular flexibility index (Phi) is 5.58. The summed E-state index contributed by atoms with van der Waals surface area (Å²) in [5, 5.41) is 15.9. The predicted molar refractivity (Wildman–Crippen MR) is 92.1 cm³/mol. The van der Waals surface area contributed by atoms with Crippen molar-refractivity contribution < 1.29 is 9.53 Å². The van der Waals surface area contributed by atoms with Gasteiger partial charge in [-0.05, 0) is 25.1 Å². The van der Waals surface area contributed by atoms with Crippen LogP contribution in [-0.2, 0) is 11.8 Å². The number of nitriles is 1. The fourth-order valence-corrected chi connectivity index (χ4v) is 2.09. The molecule has 0 aliphatic carbocycles. The molecule has 1 aromatic carbocycles. The molecule has 7 heteroatoms. The number of ether oxygens (including phenoxy) is 1. The van der Waals surface area contributed by atoms with Gasteiger partial charge in [0.25, 0.3) is 5.91 Å². The van der Waals surface area contributed by atoms with Gasteiger partial charge >= 0.3 is 0 Å². The molecule has 0 fully saturated rings. The molecule has 0 saturated carbocycles. The standard InChI is InChI=1S/C17H19N5O2/c1-12-13(7-15(9-18)22(12)2)10-20-21-17(23)11-19-14-5-4-6-16(8-14)24-3/h4-8,10,19H,11H2,1-3H3,(H,21,23)/b20-10-. The summed E-state index contributed by atoms with van der Waals surface area (Å²) in [5.74, 6) is 0.439. The van der Waals surface area contributed by atoms with Crippen molar-refractivity contribution >= 4 is 17.8 Å². The van der Waals surface area contributed by atoms with Crippen LogP contribution in [0.15, 0.2) is 35.4 Å². The van der Waals surface area contributed by atoms with Crippen LogP contribution in [0.25, 0.3) is 0 Å². The Bertz CT molecular complexity index is 802. The van der Waals surface area contributed by atoms with Crippen molar-refractivity contribution in [2.45, 2.75) is 6.92 Å². The van der Waals surface area contributed by atoms with Gasteiger partial charge in [-0.1, -0.05) is 6.07 Å². The first-order chi connectivity index (χ1) is 11.5. The third-order valence-corrected chi connectivity index (χ3v) is 3.60. The van der Waals surface area contributed by atoms with E-state index in [1.807, 2.05) is 32.2 Å². The molecule has 1 heterocycles. The lowest BCUT2D eigenvalue weighted by atomic mass is 10.3. The topological polar surface area (TPSA) is 91.4 Å². The van der Waals surface area contributed by atoms with Crippen LogP contribution in [0.1, 0.15) is 17.0 Å². The molecule has 1 amide bonds. The quantitative estimate of drug-likeness (QED) is 0.625. The van der Waals surface area contributed by atoms with Crippen LogP contribution in [0.4, 0.5) is 5.69 Å². The maximum Gasteiger partial charge on any atom is 0.259 e. The average Bonchev–Trinajstić information content (AvgIpc) is 2.88. The summed E-state index contributed by atoms with van der Waals surface area (Å²) >= 11 is 0. The van der Waals surface area contributed by atoms with Crippen molar-refractivity contribution in [2.24, 2.45) is 12.1 Å². The molecule has 0 atom stereocenters. The molecule has 0 radical (unpaired) electrons. The van der Waals surface area contributed by atoms with Gasteiger partial charge in [-0.3, -0.25) is 4.79 Å². The number of hydrogen-bond donors (Lipinski definition) is 2. The number of nitrogens with zero attached hydrogens (tertiary/aromatic N) is 3. The van der Waals surface area contributed by atoms with Gasteiger partial charge < -0.3 is 14.6 Å². The lowest BCUT2D eigenvalue weighted by Gasteiger charge is -2.06. The van der Waals surface area contributed by atoms with Gasteiger partial charge in [0.05, 0.1) is 19.9 Å². The molecule has 0 unspecified atom stereocenters. The Morgan fingerprint density at radius 2 is 2.25 bits per heavy atom. The highest BCUT2D eigenvalue weighted by Crippen LogP contribution is 2.16. The zero-order valence-electron chi connectivity index (χ0n) is 13.8. The van der Waals surface area contributed by atoms with E-state index in [-0.39, 0.29) is 12.5 Å². The first-order valence-electron chi connectivity index (χ1n) is 7.31. The van der Waals surface area contributed by atoms with Crippen LogP contribution >= 0.6 is 0 Å². The monoisotopic (exact) mass is 325 g/mol. The predicted octanol–water partition coefficient (Wildman–Crippen LogP) is 1.78. The SMILES string of the molecule is COc1cccc(NCC(=O)N/N=C\c2cc(C#N)n(C)c2C)c1. The highest BCUT2D eigenvalue weighted by Gasteiger charge is 2.06. The number of nitrogens with one attached hydrogen (secondary N) is 2. The first-order valence-corrected chi connectivity index (χ1v) is 7.31. The van der Waals surface area contributed by atoms with Gasteiger partial charge in [0, 0.05) is 30.1 Å². The molecule has 0 spiro atoms. The van der Waals surface area contributed by atoms with Crippen LogP contribution < -0.4 is 15.5 Å². The summed E-state index contributed by atoms with van der Waals surface area (Å²) in [6, 6.07) is 11.1. The fourth-order valence-electron chi connectivity index (χ4n) is 2.09. The average molecular weight is 325 g/mol. The number of benzene rings is 1. The van der Waals surface area contributed by atoms with E-state index in [1.54, 1.807) is 23.8 Å². The maximum absolute atomic E-state index is 11.8. The second-order valence-electron chi connectivity index (χ2n) is 5.12. The second-order valence-corrected chi connectivity index (χ2v) is 5.12. The van der Waals surface area contributed by atoms with Crippen LogP contribution in [0.5, 0.6) is 5.75 Å². The van der Waals surface area contributed by atoms with Gasteiger partial charge in [0.15, 0.2) is 0 Å². The molecular weight excluding hydrogens is 306 g/mol. The molecule has 7 nitrogen and oxygen atoms in total. The highest BCUT2D eigenvalue weighted by molar-refractivity contribution is 5.85. The largest absolute Gasteiger partial charge is 0.497 e. The Labute approximate surface area is 140 Å². The smallest absolute Gasteiger partial charge is 0.259 e. The Morgan fingerprint density at radius 3 is 2.92 bits per heavy atom. The number of carbonyl (C=O) groups is 1. The van der Waals surface area contributed by atoms with Crippen molar-refractivity contribution in [1.82, 2.24) is 9.99 Å². The molecule has 1 aromatic heterocycles. The summed E-state index contributed by atoms with van der Waals surface area (Å²) in [4.78, 5) is 11.8. The lowest BCUT2D eigenvalue weighted by Crippen LogP contribution is -2.25. The zero-order chi connectivity index (χ0) is 17.5. The molecule has 0 saturated heterocycles. The fraction of sp³-hybridized carbons (Fsp3) is 0.235. The van der Waals surface area contributed by atoms with Crippen molar-refractivity contribution in [2.75, 3.05) is 19.0 Å². The minimum Gasteiger partial charge on any atom is -0.497 e. The molecule has 2 rings (SSSR count). The summed E-state index contributed by atoms with van der Waals surface area (Å²) in [5.41, 5.74) is 5.46. The van der Waals surface area contributed by atoms with Crippen molar-refractivity contribution in [3.05, 3.63) is 47.3 Å². The van der Waals surface area contributed by atoms with Gasteiger partial charge in [0.2, 0.25) is 0 Å². The van der Waals surface area contributed by atoms with E-state index >= 15 is 0 Å². The van der Waals surface area contributed by atoms with E-state index in [0.717, 1.165) is 16.9 Å². The lowest BCUT2D eigenvalue weighted by molar-refractivity contribution is -0.119. The maximum atomic E-state index is 11.8. The second kappa shape index (κ2) is 7.83. The Balaban J connectivity index is 1.88. The van der Waals surface area contributed by atoms with Crippen molar-refractivity contribution in [3.8, 4) is 11.8 Å². The van der Waals surface area contributed by atoms with Gasteiger partial charge in [-0.25, -0.2) is 5.43 Å². The van der Waals surface area contributed by atoms with E-state index in [4.69, 9.17) is 10.00 Å². The minimum atomic E-state index is -0.275. The third kappa shape index (κ3) is 4.14. The molecule has 2 N–H and O–H groups in total. The number of hydrazone groups is 1. The molecule has 0 aliphatic heterocycles. The normalized spacial score (nSPS) is 10.4. The van der Waals surface area contributed by atoms with Gasteiger partial charge in [0.1, 0.15) is 17.5 Å². The van der Waals surface area contributed by atoms with Gasteiger partial charge in [-0.15, -0.1) is 0 Å². The van der Waals surface area contributed by atoms with Crippen LogP contribution in [0.2, 0.25) is 0 Å². The van der Waals surface area contributed by atoms with E-state index in [0.29, 0.717) is 11.4 Å². The summed E-state index contributed by atoms with van der Waals surface area (Å²) in [6.45, 7) is 1.97. The van der Waals surface area contributed by atoms with Crippen molar-refractivity contribution in [3.63, 3.8) is 0 Å². The Morgan fingerprint density at radius 1 is 1.46 bits per heavy atom. The number of amides is 1. The number of methoxy groups -OCH3 is 1. The van der Waals surface area contributed by atoms with Crippen molar-refractivity contribution in [1.29, 1.82) is 5.26 Å². The number of carbonyl (C=O) groups excluding carboxylic acids is 1. The van der Waals surface area contributed by atoms with Crippen LogP contribution in [0, 0.1) is 18.3 Å². The van der Waals surface area contributed by atoms with E-state index in [9.17, 15) is 4.79 Å². The Hall–Kier alpha value is -3.27. The molecule has 0 aliphatic rings. The molecule has 2 aromatic rings. The summed E-state index contributed by atoms with van der Waals surface area (Å²) in [7, 11) is 3.39. The van der Waals surface area contributed by atoms with Crippen LogP contribution in [-0.4, -0.2) is 30.3 Å². The number of aromatic nitrogens is 1.